The molecule has 0 aromatic carbocycles. The van der Waals surface area contributed by atoms with Gasteiger partial charge >= 0.3 is 7.82 Å². The summed E-state index contributed by atoms with van der Waals surface area (Å²) in [6.07, 6.45) is 0. The monoisotopic (exact) mass is 242 g/mol. The molecule has 0 fully saturated rings. The van der Waals surface area contributed by atoms with Crippen molar-refractivity contribution in [3.63, 3.8) is 0 Å². The van der Waals surface area contributed by atoms with Crippen molar-refractivity contribution in [2.24, 2.45) is 0 Å². The van der Waals surface area contributed by atoms with E-state index < -0.39 is 7.82 Å². The Balaban J connectivity index is -0.0000000350. The zero-order valence-electron chi connectivity index (χ0n) is 6.54. The fourth-order valence-corrected chi connectivity index (χ4v) is 0. The summed E-state index contributed by atoms with van der Waals surface area (Å²) >= 11 is 0. The molecule has 0 aliphatic heterocycles. The lowest BCUT2D eigenvalue weighted by atomic mass is 15.8. The standard InChI is InChI=1S/H3O4P.3H4OSi/c1-5(2,3)4;3*1-2/h(H3,1,2,3,4);3*1H,2H3. The van der Waals surface area contributed by atoms with Crippen molar-refractivity contribution in [1.29, 1.82) is 0 Å². The van der Waals surface area contributed by atoms with Gasteiger partial charge in [-0.25, -0.2) is 4.57 Å². The molecule has 0 unspecified atom stereocenters. The highest BCUT2D eigenvalue weighted by Crippen LogP contribution is 2.25. The Morgan fingerprint density at radius 2 is 0.727 bits per heavy atom. The Bertz CT molecular complexity index is 59.8. The van der Waals surface area contributed by atoms with E-state index in [9.17, 15) is 0 Å². The summed E-state index contributed by atoms with van der Waals surface area (Å²) in [5, 5.41) is 0. The molecule has 0 rings (SSSR count). The molecule has 0 aliphatic carbocycles. The van der Waals surface area contributed by atoms with Crippen molar-refractivity contribution in [2.45, 2.75) is 0 Å². The van der Waals surface area contributed by atoms with Crippen LogP contribution in [0.2, 0.25) is 0 Å². The molecule has 0 saturated carbocycles. The van der Waals surface area contributed by atoms with E-state index >= 15 is 0 Å². The van der Waals surface area contributed by atoms with Gasteiger partial charge in [0, 0.05) is 0 Å². The molecule has 0 amide bonds. The highest BCUT2D eigenvalue weighted by Gasteiger charge is 2.00. The van der Waals surface area contributed by atoms with E-state index in [4.69, 9.17) is 33.6 Å². The van der Waals surface area contributed by atoms with E-state index in [1.165, 1.54) is 0 Å². The fourth-order valence-electron chi connectivity index (χ4n) is 0. The van der Waals surface area contributed by atoms with E-state index in [1.807, 2.05) is 0 Å². The highest BCUT2D eigenvalue weighted by molar-refractivity contribution is 7.45. The zero-order chi connectivity index (χ0) is 10.5. The molecule has 0 radical (unpaired) electrons. The van der Waals surface area contributed by atoms with E-state index in [0.29, 0.717) is 31.5 Å². The topological polar surface area (TPSA) is 138 Å². The van der Waals surface area contributed by atoms with Crippen LogP contribution in [0.25, 0.3) is 0 Å². The minimum Gasteiger partial charge on any atom is -0.442 e. The average molecular weight is 242 g/mol. The van der Waals surface area contributed by atoms with Crippen LogP contribution in [0, 0.1) is 0 Å². The van der Waals surface area contributed by atoms with Gasteiger partial charge in [0.1, 0.15) is 31.5 Å². The lowest BCUT2D eigenvalue weighted by Crippen LogP contribution is -1.66. The molecule has 0 aliphatic rings. The first kappa shape index (κ1) is 22.6. The summed E-state index contributed by atoms with van der Waals surface area (Å²) in [5.41, 5.74) is 0. The van der Waals surface area contributed by atoms with Gasteiger partial charge in [-0.3, -0.25) is 0 Å². The van der Waals surface area contributed by atoms with Crippen LogP contribution in [0.4, 0.5) is 0 Å². The lowest BCUT2D eigenvalue weighted by Gasteiger charge is -1.82. The quantitative estimate of drug-likeness (QED) is 0.183. The summed E-state index contributed by atoms with van der Waals surface area (Å²) in [6, 6.07) is 0. The van der Waals surface area contributed by atoms with Crippen molar-refractivity contribution >= 4 is 39.3 Å². The third kappa shape index (κ3) is 1940. The van der Waals surface area contributed by atoms with Crippen LogP contribution < -0.4 is 0 Å². The second-order valence-electron chi connectivity index (χ2n) is 0.513. The third-order valence-electron chi connectivity index (χ3n) is 0. The molecule has 0 spiro atoms. The van der Waals surface area contributed by atoms with Crippen molar-refractivity contribution < 1.29 is 33.6 Å². The van der Waals surface area contributed by atoms with Crippen molar-refractivity contribution in [3.8, 4) is 0 Å². The molecular weight excluding hydrogens is 227 g/mol. The largest absolute Gasteiger partial charge is 0.466 e. The molecule has 0 atom stereocenters. The van der Waals surface area contributed by atoms with Gasteiger partial charge in [-0.15, -0.1) is 0 Å². The van der Waals surface area contributed by atoms with Gasteiger partial charge in [0.15, 0.2) is 0 Å². The summed E-state index contributed by atoms with van der Waals surface area (Å²) in [4.78, 5) is 43.0. The van der Waals surface area contributed by atoms with Gasteiger partial charge in [-0.05, 0) is 0 Å². The maximum Gasteiger partial charge on any atom is 0.466 e. The maximum absolute atomic E-state index is 8.88. The first-order chi connectivity index (χ1) is 5.00. The Hall–Kier alpha value is 0.641. The summed E-state index contributed by atoms with van der Waals surface area (Å²) in [7, 11) is -3.72. The maximum atomic E-state index is 8.88. The minimum atomic E-state index is -4.64. The van der Waals surface area contributed by atoms with Gasteiger partial charge in [-0.1, -0.05) is 0 Å². The van der Waals surface area contributed by atoms with Crippen LogP contribution in [-0.2, 0) is 4.57 Å². The predicted octanol–water partition coefficient (Wildman–Crippen LogP) is -6.15. The van der Waals surface area contributed by atoms with Gasteiger partial charge < -0.3 is 29.1 Å². The number of phosphoric acid groups is 1. The highest BCUT2D eigenvalue weighted by atomic mass is 31.2. The summed E-state index contributed by atoms with van der Waals surface area (Å²) in [5.74, 6) is 0. The van der Waals surface area contributed by atoms with Crippen LogP contribution in [0.5, 0.6) is 0 Å². The van der Waals surface area contributed by atoms with E-state index in [0.717, 1.165) is 0 Å². The Morgan fingerprint density at radius 3 is 0.727 bits per heavy atom. The van der Waals surface area contributed by atoms with E-state index in [2.05, 4.69) is 0 Å². The van der Waals surface area contributed by atoms with Crippen molar-refractivity contribution in [3.05, 3.63) is 0 Å². The molecule has 11 heteroatoms. The third-order valence-corrected chi connectivity index (χ3v) is 0. The van der Waals surface area contributed by atoms with Crippen molar-refractivity contribution in [2.75, 3.05) is 0 Å². The van der Waals surface area contributed by atoms with Gasteiger partial charge in [-0.2, -0.15) is 0 Å². The van der Waals surface area contributed by atoms with Crippen LogP contribution in [0.3, 0.4) is 0 Å². The van der Waals surface area contributed by atoms with Gasteiger partial charge in [0.2, 0.25) is 0 Å². The Labute approximate surface area is 73.6 Å². The normalized spacial score (nSPS) is 7.82. The second-order valence-corrected chi connectivity index (χ2v) is 1.54. The zero-order valence-corrected chi connectivity index (χ0v) is 13.4. The molecule has 0 saturated heterocycles. The van der Waals surface area contributed by atoms with Crippen LogP contribution in [0.15, 0.2) is 0 Å². The lowest BCUT2D eigenvalue weighted by molar-refractivity contribution is 0.275. The minimum absolute atomic E-state index is 0.306. The molecule has 6 N–H and O–H groups in total. The molecule has 0 bridgehead atoms. The van der Waals surface area contributed by atoms with Crippen LogP contribution >= 0.6 is 7.82 Å². The molecule has 0 aromatic rings. The second kappa shape index (κ2) is 22.4. The Morgan fingerprint density at radius 1 is 0.727 bits per heavy atom. The smallest absolute Gasteiger partial charge is 0.442 e. The van der Waals surface area contributed by atoms with Crippen molar-refractivity contribution in [1.82, 2.24) is 0 Å². The average Bonchev–Trinajstić information content (AvgIpc) is 1.96. The van der Waals surface area contributed by atoms with Crippen LogP contribution in [0.1, 0.15) is 0 Å². The Kier molecular flexibility index (Phi) is 46.0. The van der Waals surface area contributed by atoms with Gasteiger partial charge in [0.25, 0.3) is 0 Å². The van der Waals surface area contributed by atoms with Crippen LogP contribution in [-0.4, -0.2) is 60.5 Å². The number of hydrogen-bond donors (Lipinski definition) is 6. The molecular formula is H15O7PSi3. The molecule has 0 aromatic heterocycles. The fraction of sp³-hybridized carbons (Fsp3) is 0. The summed E-state index contributed by atoms with van der Waals surface area (Å²) in [6.45, 7) is 0. The predicted molar refractivity (Wildman–Crippen MR) is 50.7 cm³/mol. The van der Waals surface area contributed by atoms with E-state index in [1.54, 1.807) is 0 Å². The first-order valence-electron chi connectivity index (χ1n) is 2.12. The molecule has 7 nitrogen and oxygen atoms in total. The van der Waals surface area contributed by atoms with Gasteiger partial charge in [0.05, 0.1) is 0 Å². The molecule has 11 heavy (non-hydrogen) atoms. The summed E-state index contributed by atoms with van der Waals surface area (Å²) < 4.78 is 8.88. The number of hydrogen-bond acceptors (Lipinski definition) is 4. The molecule has 0 heterocycles. The van der Waals surface area contributed by atoms with E-state index in [-0.39, 0.29) is 0 Å². The SMILES string of the molecule is O=P(O)(O)O.O[SiH3].O[SiH3].O[SiH3]. The first-order valence-corrected chi connectivity index (χ1v) is 6.37. The number of rotatable bonds is 0. The molecule has 74 valence electrons.